The number of aromatic amines is 1. The van der Waals surface area contributed by atoms with E-state index in [0.29, 0.717) is 16.7 Å². The normalized spacial score (nSPS) is 10.5. The molecule has 0 saturated carbocycles. The lowest BCUT2D eigenvalue weighted by Gasteiger charge is -2.00. The lowest BCUT2D eigenvalue weighted by molar-refractivity contribution is 0.965. The first-order valence-corrected chi connectivity index (χ1v) is 5.05. The zero-order chi connectivity index (χ0) is 10.8. The van der Waals surface area contributed by atoms with Crippen LogP contribution in [0.1, 0.15) is 5.82 Å². The Kier molecular flexibility index (Phi) is 2.46. The number of hydrogen-bond donors (Lipinski definition) is 3. The van der Waals surface area contributed by atoms with E-state index >= 15 is 0 Å². The summed E-state index contributed by atoms with van der Waals surface area (Å²) in [6.07, 6.45) is 0. The molecule has 15 heavy (non-hydrogen) atoms. The summed E-state index contributed by atoms with van der Waals surface area (Å²) in [6, 6.07) is 3.49. The van der Waals surface area contributed by atoms with Gasteiger partial charge in [-0.15, -0.1) is 5.10 Å². The van der Waals surface area contributed by atoms with Crippen molar-refractivity contribution in [3.63, 3.8) is 0 Å². The fourth-order valence-electron chi connectivity index (χ4n) is 0.985. The second-order valence-corrected chi connectivity index (χ2v) is 3.92. The Hall–Kier alpha value is -1.76. The van der Waals surface area contributed by atoms with Crippen LogP contribution in [0.25, 0.3) is 0 Å². The number of nitrogen functional groups attached to an aromatic ring is 2. The Labute approximate surface area is 90.5 Å². The van der Waals surface area contributed by atoms with Gasteiger partial charge in [-0.25, -0.2) is 9.97 Å². The summed E-state index contributed by atoms with van der Waals surface area (Å²) in [7, 11) is 0. The first-order valence-electron chi connectivity index (χ1n) is 4.24. The van der Waals surface area contributed by atoms with Crippen molar-refractivity contribution in [2.24, 2.45) is 0 Å². The van der Waals surface area contributed by atoms with Crippen LogP contribution in [0, 0.1) is 6.92 Å². The van der Waals surface area contributed by atoms with Crippen molar-refractivity contribution >= 4 is 23.3 Å². The molecule has 2 aromatic rings. The van der Waals surface area contributed by atoms with Gasteiger partial charge < -0.3 is 11.5 Å². The highest BCUT2D eigenvalue weighted by molar-refractivity contribution is 7.99. The van der Waals surface area contributed by atoms with Crippen molar-refractivity contribution < 1.29 is 0 Å². The number of nitrogens with two attached hydrogens (primary N) is 2. The molecule has 0 aliphatic carbocycles. The molecule has 0 spiro atoms. The third-order valence-electron chi connectivity index (χ3n) is 1.70. The van der Waals surface area contributed by atoms with Crippen molar-refractivity contribution in [1.29, 1.82) is 0 Å². The molecule has 0 bridgehead atoms. The first-order chi connectivity index (χ1) is 7.15. The van der Waals surface area contributed by atoms with Crippen molar-refractivity contribution in [3.05, 3.63) is 18.0 Å². The molecule has 2 aromatic heterocycles. The van der Waals surface area contributed by atoms with Crippen LogP contribution >= 0.6 is 11.8 Å². The Morgan fingerprint density at radius 2 is 2.07 bits per heavy atom. The summed E-state index contributed by atoms with van der Waals surface area (Å²) < 4.78 is 0. The highest BCUT2D eigenvalue weighted by Gasteiger charge is 2.05. The van der Waals surface area contributed by atoms with Crippen molar-refractivity contribution in [3.8, 4) is 0 Å². The standard InChI is InChI=1S/C8H10N6S/c1-4-11-8(14-13-4)15-6-3-2-5(9)7(10)12-6/h2-3H,9H2,1H3,(H2,10,12)(H,11,13,14). The minimum Gasteiger partial charge on any atom is -0.396 e. The molecular formula is C8H10N6S. The van der Waals surface area contributed by atoms with E-state index in [9.17, 15) is 0 Å². The molecule has 0 aliphatic heterocycles. The van der Waals surface area contributed by atoms with Gasteiger partial charge in [-0.2, -0.15) is 0 Å². The molecule has 0 atom stereocenters. The van der Waals surface area contributed by atoms with Gasteiger partial charge in [-0.05, 0) is 30.8 Å². The van der Waals surface area contributed by atoms with E-state index in [0.717, 1.165) is 10.9 Å². The minimum atomic E-state index is 0.326. The van der Waals surface area contributed by atoms with E-state index < -0.39 is 0 Å². The minimum absolute atomic E-state index is 0.326. The summed E-state index contributed by atoms with van der Waals surface area (Å²) in [5.41, 5.74) is 11.6. The second-order valence-electron chi connectivity index (χ2n) is 2.93. The predicted octanol–water partition coefficient (Wildman–Crippen LogP) is 0.824. The summed E-state index contributed by atoms with van der Waals surface area (Å²) in [4.78, 5) is 8.24. The van der Waals surface area contributed by atoms with E-state index in [4.69, 9.17) is 11.5 Å². The predicted molar refractivity (Wildman–Crippen MR) is 58.3 cm³/mol. The fraction of sp³-hybridized carbons (Fsp3) is 0.125. The van der Waals surface area contributed by atoms with E-state index in [2.05, 4.69) is 20.2 Å². The maximum Gasteiger partial charge on any atom is 0.214 e. The van der Waals surface area contributed by atoms with Crippen LogP contribution in [0.15, 0.2) is 22.3 Å². The van der Waals surface area contributed by atoms with Gasteiger partial charge in [0.1, 0.15) is 16.7 Å². The van der Waals surface area contributed by atoms with Crippen LogP contribution in [0.4, 0.5) is 11.5 Å². The number of aromatic nitrogens is 4. The number of H-pyrrole nitrogens is 1. The van der Waals surface area contributed by atoms with Crippen LogP contribution in [0.5, 0.6) is 0 Å². The van der Waals surface area contributed by atoms with E-state index in [1.165, 1.54) is 11.8 Å². The molecule has 0 saturated heterocycles. The average molecular weight is 222 g/mol. The fourth-order valence-corrected chi connectivity index (χ4v) is 1.73. The maximum atomic E-state index is 5.58. The van der Waals surface area contributed by atoms with Crippen LogP contribution in [-0.2, 0) is 0 Å². The number of anilines is 2. The van der Waals surface area contributed by atoms with E-state index in [1.54, 1.807) is 12.1 Å². The van der Waals surface area contributed by atoms with Gasteiger partial charge in [0.05, 0.1) is 5.69 Å². The van der Waals surface area contributed by atoms with E-state index in [1.807, 2.05) is 6.92 Å². The molecule has 78 valence electrons. The van der Waals surface area contributed by atoms with E-state index in [-0.39, 0.29) is 0 Å². The number of aryl methyl sites for hydroxylation is 1. The Morgan fingerprint density at radius 3 is 2.67 bits per heavy atom. The van der Waals surface area contributed by atoms with Crippen LogP contribution in [0.2, 0.25) is 0 Å². The maximum absolute atomic E-state index is 5.58. The quantitative estimate of drug-likeness (QED) is 0.694. The molecule has 0 amide bonds. The van der Waals surface area contributed by atoms with Crippen molar-refractivity contribution in [2.75, 3.05) is 11.5 Å². The highest BCUT2D eigenvalue weighted by Crippen LogP contribution is 2.24. The first kappa shape index (κ1) is 9.78. The zero-order valence-corrected chi connectivity index (χ0v) is 8.88. The molecule has 0 aliphatic rings. The molecule has 2 heterocycles. The van der Waals surface area contributed by atoms with Crippen molar-refractivity contribution in [1.82, 2.24) is 20.2 Å². The zero-order valence-electron chi connectivity index (χ0n) is 8.06. The number of nitrogens with zero attached hydrogens (tertiary/aromatic N) is 3. The Balaban J connectivity index is 2.21. The largest absolute Gasteiger partial charge is 0.396 e. The van der Waals surface area contributed by atoms with Crippen LogP contribution < -0.4 is 11.5 Å². The van der Waals surface area contributed by atoms with Gasteiger partial charge in [0.15, 0.2) is 0 Å². The molecule has 5 N–H and O–H groups in total. The summed E-state index contributed by atoms with van der Waals surface area (Å²) in [6.45, 7) is 1.84. The van der Waals surface area contributed by atoms with Gasteiger partial charge in [0.25, 0.3) is 0 Å². The van der Waals surface area contributed by atoms with Gasteiger partial charge in [-0.1, -0.05) is 0 Å². The summed E-state index contributed by atoms with van der Waals surface area (Å²) in [5, 5.41) is 8.06. The number of nitrogens with one attached hydrogen (secondary N) is 1. The molecule has 6 nitrogen and oxygen atoms in total. The summed E-state index contributed by atoms with van der Waals surface area (Å²) in [5.74, 6) is 1.09. The van der Waals surface area contributed by atoms with Gasteiger partial charge in [0, 0.05) is 0 Å². The number of pyridine rings is 1. The molecule has 2 rings (SSSR count). The Morgan fingerprint density at radius 1 is 1.27 bits per heavy atom. The topological polar surface area (TPSA) is 106 Å². The van der Waals surface area contributed by atoms with Gasteiger partial charge in [-0.3, -0.25) is 5.10 Å². The average Bonchev–Trinajstić information content (AvgIpc) is 2.58. The smallest absolute Gasteiger partial charge is 0.214 e. The lowest BCUT2D eigenvalue weighted by Crippen LogP contribution is -1.97. The Bertz CT molecular complexity index is 480. The molecule has 0 radical (unpaired) electrons. The van der Waals surface area contributed by atoms with Gasteiger partial charge in [0.2, 0.25) is 5.16 Å². The van der Waals surface area contributed by atoms with Crippen molar-refractivity contribution in [2.45, 2.75) is 17.1 Å². The van der Waals surface area contributed by atoms with Crippen LogP contribution in [-0.4, -0.2) is 20.2 Å². The molecule has 7 heteroatoms. The lowest BCUT2D eigenvalue weighted by atomic mass is 10.4. The van der Waals surface area contributed by atoms with Gasteiger partial charge >= 0.3 is 0 Å². The SMILES string of the molecule is Cc1nc(Sc2ccc(N)c(N)n2)n[nH]1. The summed E-state index contributed by atoms with van der Waals surface area (Å²) >= 11 is 1.33. The molecule has 0 unspecified atom stereocenters. The molecule has 0 aromatic carbocycles. The second kappa shape index (κ2) is 3.77. The molecular weight excluding hydrogens is 212 g/mol. The third-order valence-corrected chi connectivity index (χ3v) is 2.51. The number of rotatable bonds is 2. The third kappa shape index (κ3) is 2.18. The number of hydrogen-bond acceptors (Lipinski definition) is 6. The highest BCUT2D eigenvalue weighted by atomic mass is 32.2. The monoisotopic (exact) mass is 222 g/mol. The molecule has 0 fully saturated rings. The van der Waals surface area contributed by atoms with Crippen LogP contribution in [0.3, 0.4) is 0 Å².